The van der Waals surface area contributed by atoms with Crippen LogP contribution in [0.2, 0.25) is 0 Å². The van der Waals surface area contributed by atoms with Crippen LogP contribution in [0.15, 0.2) is 36.5 Å². The smallest absolute Gasteiger partial charge is 0.326 e. The second-order valence-corrected chi connectivity index (χ2v) is 3.98. The van der Waals surface area contributed by atoms with Crippen molar-refractivity contribution in [2.24, 2.45) is 0 Å². The molecule has 0 bridgehead atoms. The number of rotatable bonds is 3. The van der Waals surface area contributed by atoms with E-state index in [1.807, 2.05) is 30.3 Å². The van der Waals surface area contributed by atoms with Gasteiger partial charge in [0.2, 0.25) is 0 Å². The molecule has 0 amide bonds. The standard InChI is InChI=1S/C13H14N2O2/c1-9(13(16)17)15(2)12-11-6-4-3-5-10(11)7-8-14-12/h3-9H,1-2H3,(H,16,17). The highest BCUT2D eigenvalue weighted by atomic mass is 16.4. The summed E-state index contributed by atoms with van der Waals surface area (Å²) in [6.45, 7) is 1.64. The molecule has 1 aromatic carbocycles. The first-order valence-electron chi connectivity index (χ1n) is 5.40. The molecule has 1 aromatic heterocycles. The molecule has 0 spiro atoms. The van der Waals surface area contributed by atoms with E-state index in [2.05, 4.69) is 4.98 Å². The number of hydrogen-bond donors (Lipinski definition) is 1. The normalized spacial score (nSPS) is 12.4. The van der Waals surface area contributed by atoms with Crippen molar-refractivity contribution in [2.45, 2.75) is 13.0 Å². The number of anilines is 1. The van der Waals surface area contributed by atoms with Gasteiger partial charge in [-0.15, -0.1) is 0 Å². The fourth-order valence-electron chi connectivity index (χ4n) is 1.73. The minimum absolute atomic E-state index is 0.603. The molecule has 4 nitrogen and oxygen atoms in total. The van der Waals surface area contributed by atoms with Gasteiger partial charge in [-0.1, -0.05) is 24.3 Å². The van der Waals surface area contributed by atoms with Gasteiger partial charge in [0, 0.05) is 18.6 Å². The molecular formula is C13H14N2O2. The number of carboxylic acids is 1. The molecule has 1 heterocycles. The van der Waals surface area contributed by atoms with Gasteiger partial charge in [0.15, 0.2) is 0 Å². The summed E-state index contributed by atoms with van der Waals surface area (Å²) >= 11 is 0. The maximum Gasteiger partial charge on any atom is 0.326 e. The Morgan fingerprint density at radius 1 is 1.35 bits per heavy atom. The number of hydrogen-bond acceptors (Lipinski definition) is 3. The van der Waals surface area contributed by atoms with Crippen LogP contribution in [0.4, 0.5) is 5.82 Å². The number of nitrogens with zero attached hydrogens (tertiary/aromatic N) is 2. The molecule has 2 rings (SSSR count). The van der Waals surface area contributed by atoms with Gasteiger partial charge in [0.25, 0.3) is 0 Å². The minimum Gasteiger partial charge on any atom is -0.480 e. The van der Waals surface area contributed by atoms with Crippen LogP contribution in [0.5, 0.6) is 0 Å². The van der Waals surface area contributed by atoms with Crippen LogP contribution in [-0.4, -0.2) is 29.1 Å². The minimum atomic E-state index is -0.859. The molecule has 2 aromatic rings. The Hall–Kier alpha value is -2.10. The molecule has 0 aliphatic carbocycles. The Balaban J connectivity index is 2.52. The average Bonchev–Trinajstić information content (AvgIpc) is 2.36. The Labute approximate surface area is 99.5 Å². The lowest BCUT2D eigenvalue weighted by molar-refractivity contribution is -0.138. The maximum atomic E-state index is 11.0. The summed E-state index contributed by atoms with van der Waals surface area (Å²) < 4.78 is 0. The van der Waals surface area contributed by atoms with E-state index in [4.69, 9.17) is 5.11 Å². The van der Waals surface area contributed by atoms with Gasteiger partial charge in [-0.2, -0.15) is 0 Å². The molecular weight excluding hydrogens is 216 g/mol. The molecule has 0 aliphatic heterocycles. The Kier molecular flexibility index (Phi) is 2.95. The van der Waals surface area contributed by atoms with Crippen LogP contribution < -0.4 is 4.90 Å². The highest BCUT2D eigenvalue weighted by Crippen LogP contribution is 2.24. The molecule has 0 saturated heterocycles. The van der Waals surface area contributed by atoms with Crippen molar-refractivity contribution in [3.8, 4) is 0 Å². The third-order valence-corrected chi connectivity index (χ3v) is 2.93. The number of aliphatic carboxylic acids is 1. The highest BCUT2D eigenvalue weighted by Gasteiger charge is 2.19. The molecule has 1 unspecified atom stereocenters. The van der Waals surface area contributed by atoms with Crippen LogP contribution in [0, 0.1) is 0 Å². The summed E-state index contributed by atoms with van der Waals surface area (Å²) in [5, 5.41) is 11.0. The summed E-state index contributed by atoms with van der Waals surface area (Å²) in [6, 6.07) is 9.12. The Morgan fingerprint density at radius 2 is 2.06 bits per heavy atom. The SMILES string of the molecule is CC(C(=O)O)N(C)c1nccc2ccccc12. The van der Waals surface area contributed by atoms with Gasteiger partial charge >= 0.3 is 5.97 Å². The highest BCUT2D eigenvalue weighted by molar-refractivity contribution is 5.93. The lowest BCUT2D eigenvalue weighted by atomic mass is 10.1. The molecule has 0 saturated carbocycles. The third kappa shape index (κ3) is 2.06. The van der Waals surface area contributed by atoms with Gasteiger partial charge in [-0.3, -0.25) is 0 Å². The molecule has 0 radical (unpaired) electrons. The zero-order chi connectivity index (χ0) is 12.4. The van der Waals surface area contributed by atoms with E-state index in [0.29, 0.717) is 5.82 Å². The first-order chi connectivity index (χ1) is 8.11. The molecule has 4 heteroatoms. The summed E-state index contributed by atoms with van der Waals surface area (Å²) in [4.78, 5) is 16.9. The fourth-order valence-corrected chi connectivity index (χ4v) is 1.73. The number of aromatic nitrogens is 1. The van der Waals surface area contributed by atoms with E-state index in [0.717, 1.165) is 10.8 Å². The van der Waals surface area contributed by atoms with E-state index in [9.17, 15) is 4.79 Å². The molecule has 0 aliphatic rings. The van der Waals surface area contributed by atoms with Crippen LogP contribution >= 0.6 is 0 Å². The molecule has 1 atom stereocenters. The van der Waals surface area contributed by atoms with Crippen molar-refractivity contribution >= 4 is 22.6 Å². The molecule has 17 heavy (non-hydrogen) atoms. The number of carboxylic acid groups (broad SMARTS) is 1. The number of pyridine rings is 1. The fraction of sp³-hybridized carbons (Fsp3) is 0.231. The van der Waals surface area contributed by atoms with E-state index >= 15 is 0 Å². The molecule has 1 N–H and O–H groups in total. The van der Waals surface area contributed by atoms with Crippen molar-refractivity contribution in [2.75, 3.05) is 11.9 Å². The number of benzene rings is 1. The Morgan fingerprint density at radius 3 is 2.76 bits per heavy atom. The second kappa shape index (κ2) is 4.41. The topological polar surface area (TPSA) is 53.4 Å². The van der Waals surface area contributed by atoms with Crippen molar-refractivity contribution < 1.29 is 9.90 Å². The largest absolute Gasteiger partial charge is 0.480 e. The predicted molar refractivity (Wildman–Crippen MR) is 67.2 cm³/mol. The summed E-state index contributed by atoms with van der Waals surface area (Å²) in [7, 11) is 1.74. The van der Waals surface area contributed by atoms with Crippen molar-refractivity contribution in [3.05, 3.63) is 36.5 Å². The van der Waals surface area contributed by atoms with Crippen LogP contribution in [0.1, 0.15) is 6.92 Å². The zero-order valence-corrected chi connectivity index (χ0v) is 9.79. The van der Waals surface area contributed by atoms with E-state index in [1.54, 1.807) is 25.1 Å². The summed E-state index contributed by atoms with van der Waals surface area (Å²) in [5.74, 6) is -0.166. The van der Waals surface area contributed by atoms with E-state index in [-0.39, 0.29) is 0 Å². The predicted octanol–water partition coefficient (Wildman–Crippen LogP) is 2.14. The zero-order valence-electron chi connectivity index (χ0n) is 9.79. The van der Waals surface area contributed by atoms with Crippen molar-refractivity contribution in [1.29, 1.82) is 0 Å². The number of likely N-dealkylation sites (N-methyl/N-ethyl adjacent to an activating group) is 1. The van der Waals surface area contributed by atoms with Crippen LogP contribution in [-0.2, 0) is 4.79 Å². The summed E-state index contributed by atoms with van der Waals surface area (Å²) in [5.41, 5.74) is 0. The van der Waals surface area contributed by atoms with Gasteiger partial charge in [-0.25, -0.2) is 9.78 Å². The van der Waals surface area contributed by atoms with Gasteiger partial charge in [0.1, 0.15) is 11.9 Å². The maximum absolute atomic E-state index is 11.0. The van der Waals surface area contributed by atoms with Crippen LogP contribution in [0.3, 0.4) is 0 Å². The third-order valence-electron chi connectivity index (χ3n) is 2.93. The lowest BCUT2D eigenvalue weighted by Gasteiger charge is -2.23. The Bertz CT molecular complexity index is 549. The molecule has 0 fully saturated rings. The number of fused-ring (bicyclic) bond motifs is 1. The quantitative estimate of drug-likeness (QED) is 0.877. The van der Waals surface area contributed by atoms with Crippen molar-refractivity contribution in [3.63, 3.8) is 0 Å². The van der Waals surface area contributed by atoms with Gasteiger partial charge in [0.05, 0.1) is 0 Å². The lowest BCUT2D eigenvalue weighted by Crippen LogP contribution is -2.36. The summed E-state index contributed by atoms with van der Waals surface area (Å²) in [6.07, 6.45) is 1.70. The monoisotopic (exact) mass is 230 g/mol. The average molecular weight is 230 g/mol. The number of carbonyl (C=O) groups is 1. The van der Waals surface area contributed by atoms with Crippen molar-refractivity contribution in [1.82, 2.24) is 4.98 Å². The van der Waals surface area contributed by atoms with Gasteiger partial charge in [-0.05, 0) is 18.4 Å². The van der Waals surface area contributed by atoms with E-state index in [1.165, 1.54) is 0 Å². The second-order valence-electron chi connectivity index (χ2n) is 3.98. The molecule has 88 valence electrons. The van der Waals surface area contributed by atoms with E-state index < -0.39 is 12.0 Å². The van der Waals surface area contributed by atoms with Gasteiger partial charge < -0.3 is 10.0 Å². The first-order valence-corrected chi connectivity index (χ1v) is 5.40. The first kappa shape index (κ1) is 11.4. The van der Waals surface area contributed by atoms with Crippen LogP contribution in [0.25, 0.3) is 10.8 Å².